The molecule has 0 amide bonds. The van der Waals surface area contributed by atoms with E-state index in [4.69, 9.17) is 0 Å². The lowest BCUT2D eigenvalue weighted by Crippen LogP contribution is -2.23. The summed E-state index contributed by atoms with van der Waals surface area (Å²) in [5, 5.41) is 13.6. The van der Waals surface area contributed by atoms with Crippen molar-refractivity contribution in [3.05, 3.63) is 18.0 Å². The molecule has 1 heterocycles. The number of aromatic nitrogens is 2. The summed E-state index contributed by atoms with van der Waals surface area (Å²) in [7, 11) is 0. The first-order chi connectivity index (χ1) is 6.45. The van der Waals surface area contributed by atoms with E-state index in [1.807, 2.05) is 30.8 Å². The summed E-state index contributed by atoms with van der Waals surface area (Å²) in [4.78, 5) is 0. The van der Waals surface area contributed by atoms with Gasteiger partial charge >= 0.3 is 0 Å². The number of nitrogens with zero attached hydrogens (tertiary/aromatic N) is 2. The highest BCUT2D eigenvalue weighted by atomic mass is 16.3. The maximum Gasteiger partial charge on any atom is 0.0703 e. The van der Waals surface area contributed by atoms with E-state index in [0.717, 1.165) is 12.2 Å². The minimum Gasteiger partial charge on any atom is -0.395 e. The van der Waals surface area contributed by atoms with Gasteiger partial charge in [0.1, 0.15) is 0 Å². The van der Waals surface area contributed by atoms with E-state index in [1.165, 1.54) is 0 Å². The van der Waals surface area contributed by atoms with Crippen molar-refractivity contribution in [1.82, 2.24) is 9.78 Å². The molecule has 0 aromatic carbocycles. The highest BCUT2D eigenvalue weighted by Gasteiger charge is 2.22. The van der Waals surface area contributed by atoms with Crippen molar-refractivity contribution in [3.8, 4) is 0 Å². The molecule has 0 fully saturated rings. The number of aliphatic hydroxyl groups excluding tert-OH is 1. The summed E-state index contributed by atoms with van der Waals surface area (Å²) in [6.45, 7) is 9.38. The smallest absolute Gasteiger partial charge is 0.0703 e. The molecule has 1 rings (SSSR count). The van der Waals surface area contributed by atoms with Crippen molar-refractivity contribution in [3.63, 3.8) is 0 Å². The van der Waals surface area contributed by atoms with Gasteiger partial charge in [0.25, 0.3) is 0 Å². The van der Waals surface area contributed by atoms with Crippen molar-refractivity contribution >= 4 is 0 Å². The largest absolute Gasteiger partial charge is 0.395 e. The minimum absolute atomic E-state index is 0.131. The third-order valence-corrected chi connectivity index (χ3v) is 2.28. The maximum absolute atomic E-state index is 9.19. The van der Waals surface area contributed by atoms with E-state index in [2.05, 4.69) is 18.9 Å². The molecule has 14 heavy (non-hydrogen) atoms. The van der Waals surface area contributed by atoms with Gasteiger partial charge in [0.2, 0.25) is 0 Å². The lowest BCUT2D eigenvalue weighted by Gasteiger charge is -2.18. The van der Waals surface area contributed by atoms with Gasteiger partial charge in [-0.05, 0) is 12.0 Å². The van der Waals surface area contributed by atoms with Crippen LogP contribution in [0.1, 0.15) is 33.4 Å². The van der Waals surface area contributed by atoms with E-state index in [1.54, 1.807) is 0 Å². The molecule has 0 saturated heterocycles. The molecule has 0 aliphatic heterocycles. The lowest BCUT2D eigenvalue weighted by molar-refractivity contribution is 0.214. The standard InChI is InChI=1S/C11H20N2O/c1-9(2)7-13-6-5-10(12-13)11(3,4)8-14/h5-6,9,14H,7-8H2,1-4H3. The topological polar surface area (TPSA) is 38.0 Å². The van der Waals surface area contributed by atoms with Gasteiger partial charge in [0.05, 0.1) is 12.3 Å². The van der Waals surface area contributed by atoms with Crippen LogP contribution in [0.2, 0.25) is 0 Å². The molecule has 0 unspecified atom stereocenters. The minimum atomic E-state index is -0.234. The zero-order chi connectivity index (χ0) is 10.8. The molecule has 0 spiro atoms. The van der Waals surface area contributed by atoms with Crippen LogP contribution in [0.25, 0.3) is 0 Å². The Hall–Kier alpha value is -0.830. The number of hydrogen-bond acceptors (Lipinski definition) is 2. The zero-order valence-corrected chi connectivity index (χ0v) is 9.49. The normalized spacial score (nSPS) is 12.4. The summed E-state index contributed by atoms with van der Waals surface area (Å²) >= 11 is 0. The van der Waals surface area contributed by atoms with Crippen molar-refractivity contribution in [2.75, 3.05) is 6.61 Å². The monoisotopic (exact) mass is 196 g/mol. The fourth-order valence-electron chi connectivity index (χ4n) is 1.28. The van der Waals surface area contributed by atoms with Crippen LogP contribution in [-0.4, -0.2) is 21.5 Å². The van der Waals surface area contributed by atoms with Gasteiger partial charge in [-0.3, -0.25) is 4.68 Å². The second-order valence-electron chi connectivity index (χ2n) is 4.86. The van der Waals surface area contributed by atoms with Crippen molar-refractivity contribution in [2.24, 2.45) is 5.92 Å². The van der Waals surface area contributed by atoms with Crippen molar-refractivity contribution in [2.45, 2.75) is 39.7 Å². The Kier molecular flexibility index (Phi) is 3.32. The quantitative estimate of drug-likeness (QED) is 0.797. The van der Waals surface area contributed by atoms with E-state index in [0.29, 0.717) is 5.92 Å². The summed E-state index contributed by atoms with van der Waals surface area (Å²) in [5.74, 6) is 0.597. The first-order valence-electron chi connectivity index (χ1n) is 5.10. The van der Waals surface area contributed by atoms with Gasteiger partial charge < -0.3 is 5.11 Å². The zero-order valence-electron chi connectivity index (χ0n) is 9.49. The molecule has 1 aromatic rings. The molecule has 0 atom stereocenters. The van der Waals surface area contributed by atoms with Crippen LogP contribution >= 0.6 is 0 Å². The van der Waals surface area contributed by atoms with Crippen LogP contribution in [0, 0.1) is 5.92 Å². The average Bonchev–Trinajstić information content (AvgIpc) is 2.52. The van der Waals surface area contributed by atoms with E-state index >= 15 is 0 Å². The molecule has 3 heteroatoms. The van der Waals surface area contributed by atoms with E-state index < -0.39 is 0 Å². The van der Waals surface area contributed by atoms with E-state index in [-0.39, 0.29) is 12.0 Å². The molecular formula is C11H20N2O. The predicted octanol–water partition coefficient (Wildman–Crippen LogP) is 1.81. The first-order valence-corrected chi connectivity index (χ1v) is 5.10. The van der Waals surface area contributed by atoms with Crippen LogP contribution in [-0.2, 0) is 12.0 Å². The van der Waals surface area contributed by atoms with Crippen LogP contribution in [0.15, 0.2) is 12.3 Å². The third kappa shape index (κ3) is 2.58. The Bertz CT molecular complexity index is 289. The highest BCUT2D eigenvalue weighted by Crippen LogP contribution is 2.20. The summed E-state index contributed by atoms with van der Waals surface area (Å²) in [5.41, 5.74) is 0.725. The van der Waals surface area contributed by atoms with Gasteiger partial charge in [0, 0.05) is 18.2 Å². The van der Waals surface area contributed by atoms with Crippen LogP contribution < -0.4 is 0 Å². The Morgan fingerprint density at radius 2 is 2.14 bits per heavy atom. The molecule has 80 valence electrons. The molecule has 1 aromatic heterocycles. The predicted molar refractivity (Wildman–Crippen MR) is 57.2 cm³/mol. The summed E-state index contributed by atoms with van der Waals surface area (Å²) in [6.07, 6.45) is 1.98. The molecule has 0 radical (unpaired) electrons. The molecule has 0 bridgehead atoms. The fourth-order valence-corrected chi connectivity index (χ4v) is 1.28. The Morgan fingerprint density at radius 1 is 1.50 bits per heavy atom. The molecule has 3 nitrogen and oxygen atoms in total. The molecule has 1 N–H and O–H groups in total. The van der Waals surface area contributed by atoms with Gasteiger partial charge in [-0.2, -0.15) is 5.10 Å². The average molecular weight is 196 g/mol. The van der Waals surface area contributed by atoms with Gasteiger partial charge in [-0.15, -0.1) is 0 Å². The van der Waals surface area contributed by atoms with Crippen LogP contribution in [0.3, 0.4) is 0 Å². The van der Waals surface area contributed by atoms with Gasteiger partial charge in [-0.25, -0.2) is 0 Å². The number of hydrogen-bond donors (Lipinski definition) is 1. The molecular weight excluding hydrogens is 176 g/mol. The summed E-state index contributed by atoms with van der Waals surface area (Å²) < 4.78 is 1.94. The maximum atomic E-state index is 9.19. The van der Waals surface area contributed by atoms with Crippen molar-refractivity contribution < 1.29 is 5.11 Å². The van der Waals surface area contributed by atoms with Crippen molar-refractivity contribution in [1.29, 1.82) is 0 Å². The molecule has 0 aliphatic rings. The van der Waals surface area contributed by atoms with Gasteiger partial charge in [-0.1, -0.05) is 27.7 Å². The SMILES string of the molecule is CC(C)Cn1ccc(C(C)(C)CO)n1. The van der Waals surface area contributed by atoms with Crippen LogP contribution in [0.5, 0.6) is 0 Å². The second-order valence-corrected chi connectivity index (χ2v) is 4.86. The molecule has 0 saturated carbocycles. The Balaban J connectivity index is 2.77. The highest BCUT2D eigenvalue weighted by molar-refractivity contribution is 5.12. The fraction of sp³-hybridized carbons (Fsp3) is 0.727. The second kappa shape index (κ2) is 4.13. The first kappa shape index (κ1) is 11.2. The number of rotatable bonds is 4. The lowest BCUT2D eigenvalue weighted by atomic mass is 9.91. The van der Waals surface area contributed by atoms with Crippen LogP contribution in [0.4, 0.5) is 0 Å². The van der Waals surface area contributed by atoms with E-state index in [9.17, 15) is 5.11 Å². The Morgan fingerprint density at radius 3 is 2.64 bits per heavy atom. The third-order valence-electron chi connectivity index (χ3n) is 2.28. The molecule has 0 aliphatic carbocycles. The Labute approximate surface area is 85.8 Å². The number of aliphatic hydroxyl groups is 1. The summed E-state index contributed by atoms with van der Waals surface area (Å²) in [6, 6.07) is 1.98. The van der Waals surface area contributed by atoms with Gasteiger partial charge in [0.15, 0.2) is 0 Å².